The quantitative estimate of drug-likeness (QED) is 0.619. The van der Waals surface area contributed by atoms with E-state index >= 15 is 0 Å². The second-order valence-electron chi connectivity index (χ2n) is 7.64. The summed E-state index contributed by atoms with van der Waals surface area (Å²) in [7, 11) is 1.75. The van der Waals surface area contributed by atoms with Crippen molar-refractivity contribution in [1.29, 1.82) is 0 Å². The van der Waals surface area contributed by atoms with Gasteiger partial charge in [-0.15, -0.1) is 0 Å². The van der Waals surface area contributed by atoms with E-state index < -0.39 is 5.60 Å². The van der Waals surface area contributed by atoms with Gasteiger partial charge in [0.15, 0.2) is 0 Å². The van der Waals surface area contributed by atoms with Gasteiger partial charge in [0.05, 0.1) is 4.92 Å². The zero-order valence-electron chi connectivity index (χ0n) is 15.3. The standard InChI is InChI=1S/C18H27N3O4/c1-18(2,3)25-17(22)20(4)10-9-13-11-14(12-13)19-15-7-5-6-8-16(15)21(23)24/h5-8,13-14,19H,9-12H2,1-4H3. The Kier molecular flexibility index (Phi) is 5.87. The summed E-state index contributed by atoms with van der Waals surface area (Å²) in [4.78, 5) is 24.2. The summed E-state index contributed by atoms with van der Waals surface area (Å²) in [6.07, 6.45) is 2.51. The van der Waals surface area contributed by atoms with Crippen molar-refractivity contribution in [3.05, 3.63) is 34.4 Å². The van der Waals surface area contributed by atoms with Crippen LogP contribution in [0.2, 0.25) is 0 Å². The van der Waals surface area contributed by atoms with Crippen LogP contribution in [-0.2, 0) is 4.74 Å². The second-order valence-corrected chi connectivity index (χ2v) is 7.64. The van der Waals surface area contributed by atoms with Crippen LogP contribution in [0.5, 0.6) is 0 Å². The fourth-order valence-corrected chi connectivity index (χ4v) is 2.87. The number of nitro groups is 1. The van der Waals surface area contributed by atoms with E-state index in [1.807, 2.05) is 20.8 Å². The summed E-state index contributed by atoms with van der Waals surface area (Å²) >= 11 is 0. The molecule has 0 radical (unpaired) electrons. The number of anilines is 1. The van der Waals surface area contributed by atoms with E-state index in [0.29, 0.717) is 18.2 Å². The molecular formula is C18H27N3O4. The lowest BCUT2D eigenvalue weighted by atomic mass is 9.78. The molecule has 1 fully saturated rings. The van der Waals surface area contributed by atoms with Crippen molar-refractivity contribution >= 4 is 17.5 Å². The Morgan fingerprint density at radius 2 is 2.00 bits per heavy atom. The van der Waals surface area contributed by atoms with Crippen molar-refractivity contribution in [1.82, 2.24) is 4.90 Å². The highest BCUT2D eigenvalue weighted by Crippen LogP contribution is 2.35. The molecular weight excluding hydrogens is 322 g/mol. The Labute approximate surface area is 148 Å². The topological polar surface area (TPSA) is 84.7 Å². The minimum absolute atomic E-state index is 0.107. The lowest BCUT2D eigenvalue weighted by Gasteiger charge is -2.37. The molecule has 0 aliphatic heterocycles. The van der Waals surface area contributed by atoms with Crippen molar-refractivity contribution in [3.63, 3.8) is 0 Å². The molecule has 0 aromatic heterocycles. The number of nitro benzene ring substituents is 1. The molecule has 1 aliphatic carbocycles. The molecule has 7 nitrogen and oxygen atoms in total. The third kappa shape index (κ3) is 5.62. The van der Waals surface area contributed by atoms with Crippen LogP contribution in [-0.4, -0.2) is 41.2 Å². The minimum Gasteiger partial charge on any atom is -0.444 e. The van der Waals surface area contributed by atoms with Gasteiger partial charge in [0.25, 0.3) is 5.69 Å². The maximum Gasteiger partial charge on any atom is 0.410 e. The molecule has 0 heterocycles. The predicted octanol–water partition coefficient (Wildman–Crippen LogP) is 4.04. The third-order valence-electron chi connectivity index (χ3n) is 4.27. The first-order valence-electron chi connectivity index (χ1n) is 8.60. The highest BCUT2D eigenvalue weighted by atomic mass is 16.6. The maximum atomic E-state index is 11.9. The lowest BCUT2D eigenvalue weighted by molar-refractivity contribution is -0.384. The molecule has 1 aromatic rings. The van der Waals surface area contributed by atoms with Gasteiger partial charge in [-0.2, -0.15) is 0 Å². The Morgan fingerprint density at radius 3 is 2.60 bits per heavy atom. The van der Waals surface area contributed by atoms with Gasteiger partial charge < -0.3 is 15.0 Å². The van der Waals surface area contributed by atoms with Crippen LogP contribution in [0.3, 0.4) is 0 Å². The van der Waals surface area contributed by atoms with Gasteiger partial charge in [-0.25, -0.2) is 4.79 Å². The Bertz CT molecular complexity index is 621. The maximum absolute atomic E-state index is 11.9. The number of carbonyl (C=O) groups excluding carboxylic acids is 1. The second kappa shape index (κ2) is 7.72. The molecule has 0 unspecified atom stereocenters. The summed E-state index contributed by atoms with van der Waals surface area (Å²) in [6, 6.07) is 6.95. The van der Waals surface area contributed by atoms with Crippen molar-refractivity contribution in [2.24, 2.45) is 5.92 Å². The summed E-state index contributed by atoms with van der Waals surface area (Å²) in [5, 5.41) is 14.3. The number of nitrogens with one attached hydrogen (secondary N) is 1. The molecule has 1 N–H and O–H groups in total. The molecule has 1 saturated carbocycles. The van der Waals surface area contributed by atoms with E-state index in [-0.39, 0.29) is 22.7 Å². The van der Waals surface area contributed by atoms with Crippen LogP contribution in [0.25, 0.3) is 0 Å². The molecule has 25 heavy (non-hydrogen) atoms. The average molecular weight is 349 g/mol. The molecule has 0 saturated heterocycles. The van der Waals surface area contributed by atoms with E-state index in [4.69, 9.17) is 4.74 Å². The van der Waals surface area contributed by atoms with Gasteiger partial charge in [-0.05, 0) is 52.0 Å². The van der Waals surface area contributed by atoms with E-state index in [1.54, 1.807) is 30.1 Å². The minimum atomic E-state index is -0.485. The summed E-state index contributed by atoms with van der Waals surface area (Å²) in [5.41, 5.74) is 0.193. The van der Waals surface area contributed by atoms with Gasteiger partial charge in [0.1, 0.15) is 11.3 Å². The molecule has 1 aromatic carbocycles. The van der Waals surface area contributed by atoms with Crippen LogP contribution in [0.4, 0.5) is 16.2 Å². The van der Waals surface area contributed by atoms with Crippen LogP contribution >= 0.6 is 0 Å². The number of hydrogen-bond acceptors (Lipinski definition) is 5. The van der Waals surface area contributed by atoms with E-state index in [0.717, 1.165) is 19.3 Å². The number of benzene rings is 1. The number of carbonyl (C=O) groups is 1. The van der Waals surface area contributed by atoms with E-state index in [1.165, 1.54) is 6.07 Å². The highest BCUT2D eigenvalue weighted by molar-refractivity contribution is 5.67. The molecule has 138 valence electrons. The van der Waals surface area contributed by atoms with Gasteiger partial charge in [-0.1, -0.05) is 12.1 Å². The van der Waals surface area contributed by atoms with Gasteiger partial charge in [-0.3, -0.25) is 10.1 Å². The first-order valence-corrected chi connectivity index (χ1v) is 8.60. The Hall–Kier alpha value is -2.31. The number of nitrogens with zero attached hydrogens (tertiary/aromatic N) is 2. The largest absolute Gasteiger partial charge is 0.444 e. The lowest BCUT2D eigenvalue weighted by Crippen LogP contribution is -2.39. The van der Waals surface area contributed by atoms with E-state index in [2.05, 4.69) is 5.32 Å². The first kappa shape index (κ1) is 19.0. The zero-order chi connectivity index (χ0) is 18.6. The summed E-state index contributed by atoms with van der Waals surface area (Å²) in [5.74, 6) is 0.519. The fourth-order valence-electron chi connectivity index (χ4n) is 2.87. The van der Waals surface area contributed by atoms with Gasteiger partial charge in [0.2, 0.25) is 0 Å². The van der Waals surface area contributed by atoms with Crippen LogP contribution in [0, 0.1) is 16.0 Å². The fraction of sp³-hybridized carbons (Fsp3) is 0.611. The van der Waals surface area contributed by atoms with Crippen LogP contribution < -0.4 is 5.32 Å². The molecule has 1 aliphatic rings. The number of rotatable bonds is 6. The summed E-state index contributed by atoms with van der Waals surface area (Å²) in [6.45, 7) is 6.20. The van der Waals surface area contributed by atoms with Gasteiger partial charge >= 0.3 is 6.09 Å². The summed E-state index contributed by atoms with van der Waals surface area (Å²) < 4.78 is 5.33. The van der Waals surface area contributed by atoms with Gasteiger partial charge in [0, 0.05) is 25.7 Å². The molecule has 0 atom stereocenters. The SMILES string of the molecule is CN(CCC1CC(Nc2ccccc2[N+](=O)[O-])C1)C(=O)OC(C)(C)C. The van der Waals surface area contributed by atoms with Crippen molar-refractivity contribution < 1.29 is 14.5 Å². The smallest absolute Gasteiger partial charge is 0.410 e. The monoisotopic (exact) mass is 349 g/mol. The zero-order valence-corrected chi connectivity index (χ0v) is 15.3. The first-order chi connectivity index (χ1) is 11.7. The van der Waals surface area contributed by atoms with Crippen molar-refractivity contribution in [2.45, 2.75) is 51.7 Å². The predicted molar refractivity (Wildman–Crippen MR) is 96.7 cm³/mol. The normalized spacial score (nSPS) is 19.7. The van der Waals surface area contributed by atoms with Crippen molar-refractivity contribution in [3.8, 4) is 0 Å². The average Bonchev–Trinajstić information content (AvgIpc) is 2.47. The number of hydrogen-bond donors (Lipinski definition) is 1. The van der Waals surface area contributed by atoms with Crippen LogP contribution in [0.1, 0.15) is 40.0 Å². The van der Waals surface area contributed by atoms with E-state index in [9.17, 15) is 14.9 Å². The molecule has 1 amide bonds. The molecule has 7 heteroatoms. The van der Waals surface area contributed by atoms with Crippen molar-refractivity contribution in [2.75, 3.05) is 18.9 Å². The number of amides is 1. The molecule has 0 bridgehead atoms. The molecule has 2 rings (SSSR count). The number of ether oxygens (including phenoxy) is 1. The Balaban J connectivity index is 1.73. The Morgan fingerprint density at radius 1 is 1.36 bits per heavy atom. The third-order valence-corrected chi connectivity index (χ3v) is 4.27. The molecule has 0 spiro atoms. The van der Waals surface area contributed by atoms with Crippen LogP contribution in [0.15, 0.2) is 24.3 Å². The number of para-hydroxylation sites is 2. The highest BCUT2D eigenvalue weighted by Gasteiger charge is 2.31.